The Kier molecular flexibility index (Phi) is 47.1. The van der Waals surface area contributed by atoms with E-state index < -0.39 is 20.0 Å². The summed E-state index contributed by atoms with van der Waals surface area (Å²) >= 11 is 0. The van der Waals surface area contributed by atoms with Crippen molar-refractivity contribution in [2.75, 3.05) is 40.9 Å². The number of carbonyl (C=O) groups excluding carboxylic acids is 1. The number of quaternary nitrogens is 1. The van der Waals surface area contributed by atoms with Crippen molar-refractivity contribution in [1.29, 1.82) is 0 Å². The first-order valence-corrected chi connectivity index (χ1v) is 28.8. The number of hydrogen-bond donors (Lipinski definition) is 3. The summed E-state index contributed by atoms with van der Waals surface area (Å²) in [5.74, 6) is -0.201. The molecule has 0 spiro atoms. The Balaban J connectivity index is 4.30. The van der Waals surface area contributed by atoms with E-state index in [0.29, 0.717) is 17.4 Å². The van der Waals surface area contributed by atoms with Crippen molar-refractivity contribution in [2.24, 2.45) is 0 Å². The molecule has 3 atom stereocenters. The predicted octanol–water partition coefficient (Wildman–Crippen LogP) is 16.4. The Labute approximate surface area is 419 Å². The van der Waals surface area contributed by atoms with Crippen LogP contribution in [0.15, 0.2) is 109 Å². The fraction of sp³-hybridized carbons (Fsp3) is 0.678. The number of nitrogens with one attached hydrogen (secondary N) is 1. The van der Waals surface area contributed by atoms with Gasteiger partial charge in [-0.2, -0.15) is 0 Å². The molecule has 0 fully saturated rings. The summed E-state index contributed by atoms with van der Waals surface area (Å²) in [6.07, 6.45) is 71.8. The molecule has 0 aromatic heterocycles. The Morgan fingerprint density at radius 2 is 0.897 bits per heavy atom. The second-order valence-corrected chi connectivity index (χ2v) is 20.7. The number of aliphatic hydroxyl groups excluding tert-OH is 1. The number of unbranched alkanes of at least 4 members (excludes halogenated alkanes) is 19. The average Bonchev–Trinajstić information content (AvgIpc) is 3.30. The SMILES string of the molecule is CC/C=C\C/C=C\C/C=C\C/C=C\C/C=C\C/C=C\CCCCCCCCCCCCC(=O)NC(COP(=O)(O)OCC[N+](C)(C)C)C(O)/C=C/CC/C=C/CC/C=C/CCCCCCCCC. The maximum absolute atomic E-state index is 13.0. The standard InChI is InChI=1S/C59H103N2O6P/c1-6-8-10-12-14-16-18-20-22-24-25-26-27-28-29-30-31-32-33-34-35-37-39-41-43-45-47-49-51-53-59(63)60-57(56-67-68(64,65)66-55-54-61(3,4)5)58(62)52-50-48-46-44-42-40-38-36-23-21-19-17-15-13-11-9-7-2/h8,10,14,16,20,22-23,25-26,28-29,31-32,36,42,44,50,52,57-58,62H,6-7,9,11-13,15,17-19,21,24,27,30,33-35,37-41,43,45-49,51,53-56H2,1-5H3,(H-,60,63,64,65)/p+1/b10-8-,16-14-,22-20-,26-25-,29-28-,32-31-,36-23+,44-42+,52-50+. The van der Waals surface area contributed by atoms with E-state index in [1.807, 2.05) is 27.2 Å². The van der Waals surface area contributed by atoms with Crippen LogP contribution in [0.1, 0.15) is 206 Å². The van der Waals surface area contributed by atoms with E-state index in [2.05, 4.69) is 116 Å². The third kappa shape index (κ3) is 51.0. The number of phosphoric ester groups is 1. The van der Waals surface area contributed by atoms with Gasteiger partial charge < -0.3 is 19.8 Å². The maximum Gasteiger partial charge on any atom is 0.472 e. The smallest absolute Gasteiger partial charge is 0.387 e. The fourth-order valence-corrected chi connectivity index (χ4v) is 7.93. The molecule has 3 unspecified atom stereocenters. The largest absolute Gasteiger partial charge is 0.472 e. The van der Waals surface area contributed by atoms with E-state index in [1.54, 1.807) is 6.08 Å². The van der Waals surface area contributed by atoms with Gasteiger partial charge in [-0.1, -0.05) is 213 Å². The van der Waals surface area contributed by atoms with Gasteiger partial charge in [-0.3, -0.25) is 13.8 Å². The highest BCUT2D eigenvalue weighted by Gasteiger charge is 2.27. The van der Waals surface area contributed by atoms with Gasteiger partial charge in [0.2, 0.25) is 5.91 Å². The number of rotatable bonds is 48. The highest BCUT2D eigenvalue weighted by atomic mass is 31.2. The van der Waals surface area contributed by atoms with Crippen molar-refractivity contribution >= 4 is 13.7 Å². The molecule has 0 saturated heterocycles. The normalized spacial score (nSPS) is 14.9. The minimum Gasteiger partial charge on any atom is -0.387 e. The zero-order chi connectivity index (χ0) is 49.9. The molecule has 68 heavy (non-hydrogen) atoms. The van der Waals surface area contributed by atoms with Crippen molar-refractivity contribution < 1.29 is 32.9 Å². The van der Waals surface area contributed by atoms with Gasteiger partial charge in [0.15, 0.2) is 0 Å². The van der Waals surface area contributed by atoms with Gasteiger partial charge in [-0.15, -0.1) is 0 Å². The Hall–Kier alpha value is -2.84. The Morgan fingerprint density at radius 3 is 1.35 bits per heavy atom. The van der Waals surface area contributed by atoms with E-state index >= 15 is 0 Å². The highest BCUT2D eigenvalue weighted by Crippen LogP contribution is 2.43. The van der Waals surface area contributed by atoms with Crippen molar-refractivity contribution in [2.45, 2.75) is 219 Å². The van der Waals surface area contributed by atoms with Crippen LogP contribution in [0.5, 0.6) is 0 Å². The molecule has 0 aliphatic rings. The molecule has 0 aromatic carbocycles. The Morgan fingerprint density at radius 1 is 0.515 bits per heavy atom. The lowest BCUT2D eigenvalue weighted by Gasteiger charge is -2.25. The van der Waals surface area contributed by atoms with Crippen LogP contribution in [-0.2, 0) is 18.4 Å². The quantitative estimate of drug-likeness (QED) is 0.0243. The van der Waals surface area contributed by atoms with Crippen LogP contribution in [0.25, 0.3) is 0 Å². The van der Waals surface area contributed by atoms with E-state index in [-0.39, 0.29) is 19.1 Å². The van der Waals surface area contributed by atoms with E-state index in [0.717, 1.165) is 89.9 Å². The lowest BCUT2D eigenvalue weighted by Crippen LogP contribution is -2.45. The second kappa shape index (κ2) is 49.2. The molecule has 9 heteroatoms. The molecule has 0 bridgehead atoms. The van der Waals surface area contributed by atoms with Crippen LogP contribution in [-0.4, -0.2) is 73.4 Å². The third-order valence-electron chi connectivity index (χ3n) is 11.5. The summed E-state index contributed by atoms with van der Waals surface area (Å²) in [4.78, 5) is 23.3. The number of amides is 1. The number of aliphatic hydroxyl groups is 1. The van der Waals surface area contributed by atoms with Crippen LogP contribution in [0.3, 0.4) is 0 Å². The Bertz CT molecular complexity index is 1470. The summed E-state index contributed by atoms with van der Waals surface area (Å²) in [5.41, 5.74) is 0. The number of hydrogen-bond acceptors (Lipinski definition) is 5. The molecule has 1 amide bonds. The minimum absolute atomic E-state index is 0.0472. The highest BCUT2D eigenvalue weighted by molar-refractivity contribution is 7.47. The van der Waals surface area contributed by atoms with Gasteiger partial charge in [0, 0.05) is 6.42 Å². The monoisotopic (exact) mass is 968 g/mol. The first-order valence-electron chi connectivity index (χ1n) is 27.3. The molecule has 3 N–H and O–H groups in total. The molecule has 0 saturated carbocycles. The topological polar surface area (TPSA) is 105 Å². The van der Waals surface area contributed by atoms with Crippen LogP contribution in [0.4, 0.5) is 0 Å². The molecule has 0 aromatic rings. The molecule has 0 heterocycles. The molecule has 0 aliphatic heterocycles. The summed E-state index contributed by atoms with van der Waals surface area (Å²) in [6, 6.07) is -0.879. The molecule has 0 radical (unpaired) electrons. The van der Waals surface area contributed by atoms with E-state index in [9.17, 15) is 19.4 Å². The van der Waals surface area contributed by atoms with Crippen LogP contribution < -0.4 is 5.32 Å². The lowest BCUT2D eigenvalue weighted by atomic mass is 10.0. The van der Waals surface area contributed by atoms with Crippen molar-refractivity contribution in [3.05, 3.63) is 109 Å². The van der Waals surface area contributed by atoms with Gasteiger partial charge in [0.1, 0.15) is 13.2 Å². The molecular weight excluding hydrogens is 864 g/mol. The van der Waals surface area contributed by atoms with Gasteiger partial charge >= 0.3 is 7.82 Å². The number of nitrogens with zero attached hydrogens (tertiary/aromatic N) is 1. The minimum atomic E-state index is -4.36. The van der Waals surface area contributed by atoms with Gasteiger partial charge in [-0.25, -0.2) is 4.57 Å². The third-order valence-corrected chi connectivity index (χ3v) is 12.4. The van der Waals surface area contributed by atoms with Crippen molar-refractivity contribution in [1.82, 2.24) is 5.32 Å². The molecule has 390 valence electrons. The molecule has 0 aliphatic carbocycles. The first kappa shape index (κ1) is 65.2. The van der Waals surface area contributed by atoms with Crippen LogP contribution >= 0.6 is 7.82 Å². The van der Waals surface area contributed by atoms with Crippen molar-refractivity contribution in [3.63, 3.8) is 0 Å². The lowest BCUT2D eigenvalue weighted by molar-refractivity contribution is -0.870. The summed E-state index contributed by atoms with van der Waals surface area (Å²) in [7, 11) is 1.53. The van der Waals surface area contributed by atoms with E-state index in [1.165, 1.54) is 96.3 Å². The first-order chi connectivity index (χ1) is 33.0. The summed E-state index contributed by atoms with van der Waals surface area (Å²) in [5, 5.41) is 13.9. The van der Waals surface area contributed by atoms with Crippen LogP contribution in [0.2, 0.25) is 0 Å². The zero-order valence-corrected chi connectivity index (χ0v) is 45.2. The molecule has 0 rings (SSSR count). The number of allylic oxidation sites excluding steroid dienone is 17. The number of carbonyl (C=O) groups is 1. The van der Waals surface area contributed by atoms with Gasteiger partial charge in [0.05, 0.1) is 39.9 Å². The predicted molar refractivity (Wildman–Crippen MR) is 295 cm³/mol. The number of likely N-dealkylation sites (N-methyl/N-ethyl adjacent to an activating group) is 1. The summed E-state index contributed by atoms with van der Waals surface area (Å²) < 4.78 is 23.6. The maximum atomic E-state index is 13.0. The molecular formula is C59H104N2O6P+. The van der Waals surface area contributed by atoms with Gasteiger partial charge in [-0.05, 0) is 96.3 Å². The average molecular weight is 968 g/mol. The van der Waals surface area contributed by atoms with Crippen molar-refractivity contribution in [3.8, 4) is 0 Å². The fourth-order valence-electron chi connectivity index (χ4n) is 7.19. The zero-order valence-electron chi connectivity index (χ0n) is 44.3. The van der Waals surface area contributed by atoms with E-state index in [4.69, 9.17) is 9.05 Å². The second-order valence-electron chi connectivity index (χ2n) is 19.2. The number of phosphoric acid groups is 1. The van der Waals surface area contributed by atoms with Gasteiger partial charge in [0.25, 0.3) is 0 Å². The summed E-state index contributed by atoms with van der Waals surface area (Å²) in [6.45, 7) is 4.65. The molecule has 8 nitrogen and oxygen atoms in total. The van der Waals surface area contributed by atoms with Crippen LogP contribution in [0, 0.1) is 0 Å².